The lowest BCUT2D eigenvalue weighted by molar-refractivity contribution is 0.625. The molecule has 15 heavy (non-hydrogen) atoms. The maximum absolute atomic E-state index is 13.5. The zero-order chi connectivity index (χ0) is 10.8. The van der Waals surface area contributed by atoms with Gasteiger partial charge in [-0.1, -0.05) is 26.0 Å². The molecule has 0 N–H and O–H groups in total. The highest BCUT2D eigenvalue weighted by molar-refractivity contribution is 6.10. The normalized spacial score (nSPS) is 15.5. The van der Waals surface area contributed by atoms with Gasteiger partial charge in [0.05, 0.1) is 12.3 Å². The molecule has 0 saturated carbocycles. The van der Waals surface area contributed by atoms with Crippen LogP contribution in [-0.4, -0.2) is 12.3 Å². The summed E-state index contributed by atoms with van der Waals surface area (Å²) in [5, 5.41) is 0. The number of halogens is 1. The van der Waals surface area contributed by atoms with Gasteiger partial charge in [0, 0.05) is 5.56 Å². The van der Waals surface area contributed by atoms with E-state index in [4.69, 9.17) is 0 Å². The van der Waals surface area contributed by atoms with E-state index in [0.29, 0.717) is 18.0 Å². The number of benzene rings is 1. The third-order valence-electron chi connectivity index (χ3n) is 2.65. The predicted molar refractivity (Wildman–Crippen MR) is 60.7 cm³/mol. The maximum atomic E-state index is 13.5. The summed E-state index contributed by atoms with van der Waals surface area (Å²) in [7, 11) is 0. The molecular formula is C13H14FN. The Morgan fingerprint density at radius 1 is 1.27 bits per heavy atom. The van der Waals surface area contributed by atoms with Gasteiger partial charge in [0.2, 0.25) is 0 Å². The number of nitrogens with zero attached hydrogens (tertiary/aromatic N) is 1. The molecule has 1 aromatic rings. The summed E-state index contributed by atoms with van der Waals surface area (Å²) in [5.74, 6) is 0.288. The first-order valence-electron chi connectivity index (χ1n) is 5.18. The second-order valence-corrected chi connectivity index (χ2v) is 4.06. The summed E-state index contributed by atoms with van der Waals surface area (Å²) in [4.78, 5) is 4.35. The molecule has 1 aromatic carbocycles. The first-order chi connectivity index (χ1) is 7.18. The summed E-state index contributed by atoms with van der Waals surface area (Å²) in [6.45, 7) is 4.97. The van der Waals surface area contributed by atoms with Crippen LogP contribution in [0, 0.1) is 11.7 Å². The highest BCUT2D eigenvalue weighted by Crippen LogP contribution is 2.19. The molecule has 0 amide bonds. The Morgan fingerprint density at radius 3 is 2.60 bits per heavy atom. The molecule has 0 aliphatic carbocycles. The van der Waals surface area contributed by atoms with Gasteiger partial charge in [-0.05, 0) is 29.7 Å². The van der Waals surface area contributed by atoms with Crippen LogP contribution in [0.25, 0.3) is 0 Å². The van der Waals surface area contributed by atoms with Crippen molar-refractivity contribution in [1.29, 1.82) is 0 Å². The van der Waals surface area contributed by atoms with Crippen LogP contribution < -0.4 is 0 Å². The van der Waals surface area contributed by atoms with Crippen molar-refractivity contribution in [3.8, 4) is 0 Å². The van der Waals surface area contributed by atoms with Crippen molar-refractivity contribution < 1.29 is 4.39 Å². The molecule has 0 bridgehead atoms. The number of hydrogen-bond donors (Lipinski definition) is 0. The van der Waals surface area contributed by atoms with Gasteiger partial charge in [-0.25, -0.2) is 4.39 Å². The first kappa shape index (κ1) is 10.1. The zero-order valence-corrected chi connectivity index (χ0v) is 9.00. The molecule has 1 heterocycles. The zero-order valence-electron chi connectivity index (χ0n) is 9.00. The van der Waals surface area contributed by atoms with E-state index in [2.05, 4.69) is 18.8 Å². The minimum Gasteiger partial charge on any atom is -0.280 e. The van der Waals surface area contributed by atoms with Gasteiger partial charge in [0.15, 0.2) is 0 Å². The largest absolute Gasteiger partial charge is 0.280 e. The Bertz CT molecular complexity index is 430. The van der Waals surface area contributed by atoms with E-state index in [9.17, 15) is 4.39 Å². The molecule has 0 aromatic heterocycles. The summed E-state index contributed by atoms with van der Waals surface area (Å²) >= 11 is 0. The van der Waals surface area contributed by atoms with Crippen molar-refractivity contribution in [3.63, 3.8) is 0 Å². The van der Waals surface area contributed by atoms with Crippen molar-refractivity contribution in [1.82, 2.24) is 0 Å². The Balaban J connectivity index is 2.32. The maximum Gasteiger partial charge on any atom is 0.132 e. The third-order valence-corrected chi connectivity index (χ3v) is 2.65. The number of allylic oxidation sites excluding steroid dienone is 1. The van der Waals surface area contributed by atoms with E-state index in [1.54, 1.807) is 12.1 Å². The van der Waals surface area contributed by atoms with Crippen LogP contribution in [0.1, 0.15) is 19.4 Å². The van der Waals surface area contributed by atoms with Crippen LogP contribution in [-0.2, 0) is 0 Å². The highest BCUT2D eigenvalue weighted by atomic mass is 19.1. The molecule has 2 heteroatoms. The van der Waals surface area contributed by atoms with Gasteiger partial charge in [-0.2, -0.15) is 0 Å². The van der Waals surface area contributed by atoms with E-state index in [-0.39, 0.29) is 5.82 Å². The number of hydrogen-bond acceptors (Lipinski definition) is 1. The minimum atomic E-state index is -0.197. The molecular weight excluding hydrogens is 189 g/mol. The molecule has 0 radical (unpaired) electrons. The van der Waals surface area contributed by atoms with E-state index in [1.807, 2.05) is 12.1 Å². The second-order valence-electron chi connectivity index (χ2n) is 4.06. The molecule has 0 atom stereocenters. The van der Waals surface area contributed by atoms with Crippen LogP contribution in [0.2, 0.25) is 0 Å². The van der Waals surface area contributed by atoms with Crippen LogP contribution in [0.5, 0.6) is 0 Å². The average molecular weight is 203 g/mol. The topological polar surface area (TPSA) is 12.4 Å². The van der Waals surface area contributed by atoms with E-state index in [0.717, 1.165) is 5.71 Å². The van der Waals surface area contributed by atoms with E-state index >= 15 is 0 Å². The SMILES string of the molecule is CC(C)C1=CC(c2ccccc2F)=NC1. The lowest BCUT2D eigenvalue weighted by atomic mass is 10.0. The van der Waals surface area contributed by atoms with Gasteiger partial charge in [-0.3, -0.25) is 4.99 Å². The molecule has 78 valence electrons. The lowest BCUT2D eigenvalue weighted by Crippen LogP contribution is -1.98. The van der Waals surface area contributed by atoms with Gasteiger partial charge in [0.25, 0.3) is 0 Å². The van der Waals surface area contributed by atoms with Gasteiger partial charge in [0.1, 0.15) is 5.82 Å². The molecule has 2 rings (SSSR count). The van der Waals surface area contributed by atoms with Crippen LogP contribution >= 0.6 is 0 Å². The molecule has 1 aliphatic heterocycles. The molecule has 0 fully saturated rings. The van der Waals surface area contributed by atoms with E-state index < -0.39 is 0 Å². The highest BCUT2D eigenvalue weighted by Gasteiger charge is 2.14. The average Bonchev–Trinajstić information content (AvgIpc) is 2.67. The van der Waals surface area contributed by atoms with Crippen LogP contribution in [0.15, 0.2) is 40.9 Å². The monoisotopic (exact) mass is 203 g/mol. The first-order valence-corrected chi connectivity index (χ1v) is 5.18. The van der Waals surface area contributed by atoms with Crippen molar-refractivity contribution in [3.05, 3.63) is 47.3 Å². The fourth-order valence-corrected chi connectivity index (χ4v) is 1.62. The van der Waals surface area contributed by atoms with E-state index in [1.165, 1.54) is 11.6 Å². The summed E-state index contributed by atoms with van der Waals surface area (Å²) in [6.07, 6.45) is 2.00. The van der Waals surface area contributed by atoms with Crippen molar-refractivity contribution >= 4 is 5.71 Å². The molecule has 1 aliphatic rings. The van der Waals surface area contributed by atoms with Gasteiger partial charge in [-0.15, -0.1) is 0 Å². The summed E-state index contributed by atoms with van der Waals surface area (Å²) < 4.78 is 13.5. The molecule has 0 spiro atoms. The number of rotatable bonds is 2. The van der Waals surface area contributed by atoms with Crippen LogP contribution in [0.3, 0.4) is 0 Å². The van der Waals surface area contributed by atoms with Crippen molar-refractivity contribution in [2.24, 2.45) is 10.9 Å². The summed E-state index contributed by atoms with van der Waals surface area (Å²) in [5.41, 5.74) is 2.65. The third kappa shape index (κ3) is 1.99. The second kappa shape index (κ2) is 3.97. The molecule has 1 nitrogen and oxygen atoms in total. The van der Waals surface area contributed by atoms with Crippen molar-refractivity contribution in [2.45, 2.75) is 13.8 Å². The number of aliphatic imine (C=N–C) groups is 1. The van der Waals surface area contributed by atoms with Crippen LogP contribution in [0.4, 0.5) is 4.39 Å². The lowest BCUT2D eigenvalue weighted by Gasteiger charge is -2.02. The fourth-order valence-electron chi connectivity index (χ4n) is 1.62. The van der Waals surface area contributed by atoms with Crippen molar-refractivity contribution in [2.75, 3.05) is 6.54 Å². The Hall–Kier alpha value is -1.44. The quantitative estimate of drug-likeness (QED) is 0.700. The summed E-state index contributed by atoms with van der Waals surface area (Å²) in [6, 6.07) is 6.77. The molecule has 0 saturated heterocycles. The minimum absolute atomic E-state index is 0.197. The smallest absolute Gasteiger partial charge is 0.132 e. The standard InChI is InChI=1S/C13H14FN/c1-9(2)10-7-13(15-8-10)11-5-3-4-6-12(11)14/h3-7,9H,8H2,1-2H3. The molecule has 0 unspecified atom stereocenters. The Kier molecular flexibility index (Phi) is 2.67. The fraction of sp³-hybridized carbons (Fsp3) is 0.308. The van der Waals surface area contributed by atoms with Gasteiger partial charge < -0.3 is 0 Å². The van der Waals surface area contributed by atoms with Gasteiger partial charge >= 0.3 is 0 Å². The Labute approximate surface area is 89.4 Å². The Morgan fingerprint density at radius 2 is 2.00 bits per heavy atom. The predicted octanol–water partition coefficient (Wildman–Crippen LogP) is 3.21.